The van der Waals surface area contributed by atoms with Crippen LogP contribution in [0.1, 0.15) is 27.2 Å². The van der Waals surface area contributed by atoms with E-state index in [4.69, 9.17) is 19.9 Å². The molecule has 0 saturated carbocycles. The van der Waals surface area contributed by atoms with Crippen molar-refractivity contribution in [3.8, 4) is 16.9 Å². The van der Waals surface area contributed by atoms with Gasteiger partial charge >= 0.3 is 0 Å². The third-order valence-electron chi connectivity index (χ3n) is 2.68. The van der Waals surface area contributed by atoms with Crippen LogP contribution in [-0.4, -0.2) is 34.8 Å². The molecule has 0 fully saturated rings. The monoisotopic (exact) mass is 283 g/mol. The van der Waals surface area contributed by atoms with Gasteiger partial charge in [-0.2, -0.15) is 0 Å². The quantitative estimate of drug-likeness (QED) is 0.706. The van der Waals surface area contributed by atoms with Crippen LogP contribution >= 0.6 is 0 Å². The van der Waals surface area contributed by atoms with Gasteiger partial charge in [-0.05, 0) is 45.8 Å². The van der Waals surface area contributed by atoms with Gasteiger partial charge in [-0.25, -0.2) is 0 Å². The summed E-state index contributed by atoms with van der Waals surface area (Å²) >= 11 is 0. The maximum atomic E-state index is 5.84. The molecule has 4 nitrogen and oxygen atoms in total. The summed E-state index contributed by atoms with van der Waals surface area (Å²) in [5.41, 5.74) is 7.83. The molecule has 2 N–H and O–H groups in total. The van der Waals surface area contributed by atoms with Crippen molar-refractivity contribution in [1.82, 2.24) is 0 Å². The van der Waals surface area contributed by atoms with Crippen molar-refractivity contribution >= 4 is 8.40 Å². The Hall–Kier alpha value is -1.07. The molecule has 1 aromatic rings. The summed E-state index contributed by atoms with van der Waals surface area (Å²) in [7, 11) is -0.861. The van der Waals surface area contributed by atoms with E-state index in [2.05, 4.69) is 5.68 Å². The number of ether oxygens (including phenoxy) is 3. The van der Waals surface area contributed by atoms with Crippen molar-refractivity contribution in [3.05, 3.63) is 11.7 Å². The van der Waals surface area contributed by atoms with Crippen LogP contribution in [0.25, 0.3) is 0 Å². The van der Waals surface area contributed by atoms with E-state index in [1.165, 1.54) is 0 Å². The average Bonchev–Trinajstić information content (AvgIpc) is 2.42. The molecule has 0 saturated heterocycles. The van der Waals surface area contributed by atoms with E-state index < -0.39 is 8.40 Å². The summed E-state index contributed by atoms with van der Waals surface area (Å²) in [4.78, 5) is 0. The second kappa shape index (κ2) is 8.93. The highest BCUT2D eigenvalue weighted by molar-refractivity contribution is 6.55. The molecule has 1 heterocycles. The molecule has 108 valence electrons. The molecule has 0 atom stereocenters. The fraction of sp³-hybridized carbons (Fsp3) is 0.643. The lowest BCUT2D eigenvalue weighted by Crippen LogP contribution is -2.13. The lowest BCUT2D eigenvalue weighted by molar-refractivity contribution is 0.264. The highest BCUT2D eigenvalue weighted by Gasteiger charge is 2.17. The largest absolute Gasteiger partial charge is 0.495 e. The minimum atomic E-state index is -0.861. The van der Waals surface area contributed by atoms with E-state index in [9.17, 15) is 0 Å². The summed E-state index contributed by atoms with van der Waals surface area (Å²) in [6, 6.07) is 3.10. The van der Waals surface area contributed by atoms with E-state index in [1.54, 1.807) is 0 Å². The zero-order chi connectivity index (χ0) is 14.1. The molecule has 1 rings (SSSR count). The summed E-state index contributed by atoms with van der Waals surface area (Å²) in [5, 5.41) is 0.980. The van der Waals surface area contributed by atoms with Gasteiger partial charge in [0.2, 0.25) is 0 Å². The molecule has 0 spiro atoms. The first-order chi connectivity index (χ1) is 9.28. The van der Waals surface area contributed by atoms with Crippen LogP contribution in [0.2, 0.25) is 0 Å². The number of nitrogens with two attached hydrogens (primary N) is 1. The maximum absolute atomic E-state index is 5.84. The van der Waals surface area contributed by atoms with Gasteiger partial charge < -0.3 is 19.9 Å². The molecular weight excluding hydrogens is 258 g/mol. The maximum Gasteiger partial charge on any atom is 0.197 e. The van der Waals surface area contributed by atoms with Crippen LogP contribution in [0.3, 0.4) is 0 Å². The van der Waals surface area contributed by atoms with Gasteiger partial charge in [0.25, 0.3) is 0 Å². The van der Waals surface area contributed by atoms with Crippen molar-refractivity contribution in [2.24, 2.45) is 5.73 Å². The Kier molecular flexibility index (Phi) is 7.51. The zero-order valence-electron chi connectivity index (χ0n) is 12.2. The predicted octanol–water partition coefficient (Wildman–Crippen LogP) is 2.26. The van der Waals surface area contributed by atoms with Gasteiger partial charge in [-0.15, -0.1) is 0 Å². The van der Waals surface area contributed by atoms with Gasteiger partial charge in [0.05, 0.1) is 28.2 Å². The van der Waals surface area contributed by atoms with Gasteiger partial charge in [0.1, 0.15) is 5.36 Å². The van der Waals surface area contributed by atoms with Gasteiger partial charge in [-0.1, -0.05) is 5.68 Å². The average molecular weight is 283 g/mol. The summed E-state index contributed by atoms with van der Waals surface area (Å²) in [6.45, 7) is 8.55. The molecule has 0 bridgehead atoms. The van der Waals surface area contributed by atoms with Crippen molar-refractivity contribution < 1.29 is 14.2 Å². The van der Waals surface area contributed by atoms with Crippen molar-refractivity contribution in [2.75, 3.05) is 26.4 Å². The standard InChI is InChI=1S/C14H25NO3Si/c1-4-16-12-8-11-19(10-7-9-15)14(18-6-3)13(12)17-5-2/h8,11H,4-7,9-10,15H2,1-3H3. The lowest BCUT2D eigenvalue weighted by Gasteiger charge is -2.18. The van der Waals surface area contributed by atoms with Crippen LogP contribution in [0.5, 0.6) is 16.9 Å². The van der Waals surface area contributed by atoms with Gasteiger partial charge in [0.15, 0.2) is 11.5 Å². The molecule has 0 aliphatic rings. The molecule has 0 amide bonds. The van der Waals surface area contributed by atoms with Crippen molar-refractivity contribution in [3.63, 3.8) is 0 Å². The number of rotatable bonds is 9. The van der Waals surface area contributed by atoms with E-state index in [0.29, 0.717) is 26.4 Å². The van der Waals surface area contributed by atoms with Crippen LogP contribution in [0, 0.1) is 0 Å². The van der Waals surface area contributed by atoms with Crippen LogP contribution in [0.4, 0.5) is 0 Å². The molecule has 0 aromatic carbocycles. The van der Waals surface area contributed by atoms with E-state index in [1.807, 2.05) is 26.8 Å². The Bertz CT molecular complexity index is 385. The van der Waals surface area contributed by atoms with Crippen molar-refractivity contribution in [1.29, 1.82) is 0 Å². The second-order valence-electron chi connectivity index (χ2n) is 4.07. The molecule has 5 heteroatoms. The zero-order valence-corrected chi connectivity index (χ0v) is 13.2. The Labute approximate surface area is 117 Å². The second-order valence-corrected chi connectivity index (χ2v) is 6.41. The van der Waals surface area contributed by atoms with Crippen molar-refractivity contribution in [2.45, 2.75) is 33.2 Å². The Balaban J connectivity index is 3.14. The number of hydrogen-bond acceptors (Lipinski definition) is 4. The molecular formula is C14H25NO3Si. The topological polar surface area (TPSA) is 53.7 Å². The van der Waals surface area contributed by atoms with Gasteiger partial charge in [-0.3, -0.25) is 0 Å². The van der Waals surface area contributed by atoms with E-state index in [0.717, 1.165) is 29.3 Å². The molecule has 1 aromatic heterocycles. The first-order valence-corrected chi connectivity index (χ1v) is 8.81. The number of aryl methyl sites for hydroxylation is 1. The minimum Gasteiger partial charge on any atom is -0.495 e. The smallest absolute Gasteiger partial charge is 0.197 e. The van der Waals surface area contributed by atoms with Crippen LogP contribution < -0.4 is 19.9 Å². The summed E-state index contributed by atoms with van der Waals surface area (Å²) < 4.78 is 17.2. The normalized spacial score (nSPS) is 10.3. The predicted molar refractivity (Wildman–Crippen MR) is 79.6 cm³/mol. The fourth-order valence-corrected chi connectivity index (χ4v) is 4.23. The SMILES string of the molecule is CCOc1cc[si](CCCN)c(OCC)c1OCC. The molecule has 0 radical (unpaired) electrons. The Morgan fingerprint density at radius 2 is 1.74 bits per heavy atom. The molecule has 0 aliphatic carbocycles. The molecule has 0 aliphatic heterocycles. The van der Waals surface area contributed by atoms with Crippen LogP contribution in [-0.2, 0) is 6.04 Å². The van der Waals surface area contributed by atoms with Gasteiger partial charge in [0, 0.05) is 0 Å². The third kappa shape index (κ3) is 4.51. The van der Waals surface area contributed by atoms with E-state index in [-0.39, 0.29) is 0 Å². The van der Waals surface area contributed by atoms with Crippen LogP contribution in [0.15, 0.2) is 11.7 Å². The third-order valence-corrected chi connectivity index (χ3v) is 5.10. The number of hydrogen-bond donors (Lipinski definition) is 1. The minimum absolute atomic E-state index is 0.613. The molecule has 19 heavy (non-hydrogen) atoms. The highest BCUT2D eigenvalue weighted by Crippen LogP contribution is 2.37. The Morgan fingerprint density at radius 3 is 2.32 bits per heavy atom. The first kappa shape index (κ1) is 16.0. The highest BCUT2D eigenvalue weighted by atomic mass is 28.2. The fourth-order valence-electron chi connectivity index (χ4n) is 1.93. The molecule has 0 unspecified atom stereocenters. The Morgan fingerprint density at radius 1 is 1.05 bits per heavy atom. The van der Waals surface area contributed by atoms with E-state index >= 15 is 0 Å². The summed E-state index contributed by atoms with van der Waals surface area (Å²) in [6.07, 6.45) is 1.01. The lowest BCUT2D eigenvalue weighted by atomic mass is 10.4. The summed E-state index contributed by atoms with van der Waals surface area (Å²) in [5.74, 6) is 1.58. The first-order valence-electron chi connectivity index (χ1n) is 7.02.